The van der Waals surface area contributed by atoms with Gasteiger partial charge in [0.25, 0.3) is 5.91 Å². The first-order valence-corrected chi connectivity index (χ1v) is 15.6. The summed E-state index contributed by atoms with van der Waals surface area (Å²) in [5.41, 5.74) is 6.30. The number of nitrogens with two attached hydrogens (primary N) is 1. The van der Waals surface area contributed by atoms with Gasteiger partial charge in [0.05, 0.1) is 11.6 Å². The van der Waals surface area contributed by atoms with E-state index in [2.05, 4.69) is 30.4 Å². The number of nitrogens with one attached hydrogen (secondary N) is 1. The first-order chi connectivity index (χ1) is 21.8. The molecule has 3 aliphatic rings. The highest BCUT2D eigenvalue weighted by Crippen LogP contribution is 2.54. The number of phenolic OH excluding ortho intramolecular Hbond substituents is 1. The molecule has 0 bridgehead atoms. The number of carbonyl (C=O) groups is 3. The Labute approximate surface area is 269 Å². The summed E-state index contributed by atoms with van der Waals surface area (Å²) in [5.74, 6) is -5.50. The van der Waals surface area contributed by atoms with E-state index in [-0.39, 0.29) is 29.7 Å². The summed E-state index contributed by atoms with van der Waals surface area (Å²) in [7, 11) is 8.65. The van der Waals surface area contributed by atoms with Gasteiger partial charge < -0.3 is 36.0 Å². The summed E-state index contributed by atoms with van der Waals surface area (Å²) >= 11 is 0. The fourth-order valence-corrected chi connectivity index (χ4v) is 7.59. The molecule has 0 heterocycles. The Morgan fingerprint density at radius 1 is 1.09 bits per heavy atom. The normalized spacial score (nSPS) is 24.4. The maximum Gasteiger partial charge on any atom is 0.255 e. The SMILES string of the molecule is CO[C@]12C(=O)C3=C(O)c4c(O)ccc(-c5cccc(CNCCCCN(C)C)c5)c4C[C@H]3C[C@H]1[C@H](N(C)C)C(=O)C(C(N)=O)=C2O. The van der Waals surface area contributed by atoms with E-state index < -0.39 is 58.0 Å². The van der Waals surface area contributed by atoms with Gasteiger partial charge in [0.1, 0.15) is 22.8 Å². The Bertz CT molecular complexity index is 1630. The number of nitrogens with zero attached hydrogens (tertiary/aromatic N) is 2. The molecule has 1 fully saturated rings. The summed E-state index contributed by atoms with van der Waals surface area (Å²) in [6, 6.07) is 10.4. The van der Waals surface area contributed by atoms with Crippen LogP contribution in [0, 0.1) is 11.8 Å². The molecule has 2 aromatic carbocycles. The number of aliphatic hydroxyl groups is 2. The van der Waals surface area contributed by atoms with Crippen LogP contribution in [-0.4, -0.2) is 103 Å². The number of hydrogen-bond donors (Lipinski definition) is 5. The van der Waals surface area contributed by atoms with Gasteiger partial charge in [0.2, 0.25) is 5.78 Å². The molecule has 0 radical (unpaired) electrons. The fourth-order valence-electron chi connectivity index (χ4n) is 7.59. The number of amides is 1. The number of likely N-dealkylation sites (N-methyl/N-ethyl adjacent to an activating group) is 1. The van der Waals surface area contributed by atoms with Gasteiger partial charge in [0, 0.05) is 25.1 Å². The Balaban J connectivity index is 1.55. The third kappa shape index (κ3) is 5.51. The predicted octanol–water partition coefficient (Wildman–Crippen LogP) is 2.72. The van der Waals surface area contributed by atoms with Crippen LogP contribution in [0.5, 0.6) is 5.75 Å². The van der Waals surface area contributed by atoms with Crippen LogP contribution in [0.4, 0.5) is 0 Å². The van der Waals surface area contributed by atoms with Crippen molar-refractivity contribution in [2.24, 2.45) is 17.6 Å². The van der Waals surface area contributed by atoms with Crippen LogP contribution in [-0.2, 0) is 32.1 Å². The van der Waals surface area contributed by atoms with Crippen LogP contribution in [0.25, 0.3) is 16.9 Å². The number of ether oxygens (including phenoxy) is 1. The van der Waals surface area contributed by atoms with E-state index in [1.165, 1.54) is 13.2 Å². The van der Waals surface area contributed by atoms with Crippen molar-refractivity contribution in [3.63, 3.8) is 0 Å². The average molecular weight is 633 g/mol. The molecular formula is C35H44N4O7. The number of methoxy groups -OCH3 is 1. The monoisotopic (exact) mass is 632 g/mol. The quantitative estimate of drug-likeness (QED) is 0.184. The Kier molecular flexibility index (Phi) is 9.42. The van der Waals surface area contributed by atoms with Crippen LogP contribution < -0.4 is 11.1 Å². The Morgan fingerprint density at radius 3 is 2.48 bits per heavy atom. The van der Waals surface area contributed by atoms with Crippen molar-refractivity contribution >= 4 is 23.2 Å². The number of aromatic hydroxyl groups is 1. The average Bonchev–Trinajstić information content (AvgIpc) is 2.98. The van der Waals surface area contributed by atoms with E-state index in [4.69, 9.17) is 10.5 Å². The summed E-state index contributed by atoms with van der Waals surface area (Å²) < 4.78 is 5.74. The highest BCUT2D eigenvalue weighted by atomic mass is 16.5. The number of primary amides is 1. The lowest BCUT2D eigenvalue weighted by atomic mass is 9.57. The smallest absolute Gasteiger partial charge is 0.255 e. The third-order valence-electron chi connectivity index (χ3n) is 9.67. The summed E-state index contributed by atoms with van der Waals surface area (Å²) in [6.45, 7) is 2.63. The number of Topliss-reactive ketones (excluding diaryl/α,β-unsaturated/α-hetero) is 2. The first kappa shape index (κ1) is 33.3. The van der Waals surface area contributed by atoms with Crippen molar-refractivity contribution in [1.29, 1.82) is 0 Å². The van der Waals surface area contributed by atoms with Crippen LogP contribution in [0.2, 0.25) is 0 Å². The predicted molar refractivity (Wildman–Crippen MR) is 174 cm³/mol. The molecule has 246 valence electrons. The number of hydrogen-bond acceptors (Lipinski definition) is 10. The van der Waals surface area contributed by atoms with Gasteiger partial charge in [-0.05, 0) is 107 Å². The van der Waals surface area contributed by atoms with Gasteiger partial charge in [0.15, 0.2) is 11.4 Å². The lowest BCUT2D eigenvalue weighted by Gasteiger charge is -2.52. The number of unbranched alkanes of at least 4 members (excludes halogenated alkanes) is 1. The maximum absolute atomic E-state index is 14.4. The second-order valence-electron chi connectivity index (χ2n) is 13.0. The minimum absolute atomic E-state index is 0.0208. The number of rotatable bonds is 11. The van der Waals surface area contributed by atoms with Crippen molar-refractivity contribution < 1.29 is 34.4 Å². The molecule has 0 unspecified atom stereocenters. The number of carbonyl (C=O) groups excluding carboxylic acids is 3. The minimum Gasteiger partial charge on any atom is -0.508 e. The second-order valence-corrected chi connectivity index (χ2v) is 13.0. The molecule has 6 N–H and O–H groups in total. The zero-order chi connectivity index (χ0) is 33.5. The molecule has 4 atom stereocenters. The van der Waals surface area contributed by atoms with Gasteiger partial charge in [-0.15, -0.1) is 0 Å². The van der Waals surface area contributed by atoms with Crippen LogP contribution in [0.3, 0.4) is 0 Å². The lowest BCUT2D eigenvalue weighted by molar-refractivity contribution is -0.159. The number of ketones is 2. The van der Waals surface area contributed by atoms with E-state index in [9.17, 15) is 29.7 Å². The van der Waals surface area contributed by atoms with E-state index in [0.29, 0.717) is 12.1 Å². The van der Waals surface area contributed by atoms with Gasteiger partial charge in [-0.25, -0.2) is 0 Å². The van der Waals surface area contributed by atoms with Crippen molar-refractivity contribution in [1.82, 2.24) is 15.1 Å². The molecule has 1 amide bonds. The van der Waals surface area contributed by atoms with Crippen LogP contribution in [0.15, 0.2) is 53.3 Å². The van der Waals surface area contributed by atoms with Gasteiger partial charge >= 0.3 is 0 Å². The summed E-state index contributed by atoms with van der Waals surface area (Å²) in [4.78, 5) is 44.0. The molecule has 0 spiro atoms. The standard InChI is InChI=1S/C35H44N4O7/c1-38(2)14-7-6-13-37-18-19-9-8-10-20(15-19)22-11-12-25(40)27-23(22)16-21-17-24-29(39(3)4)31(42)28(34(36)45)33(44)35(24,46-5)32(43)26(21)30(27)41/h8-12,15,21,24,29,37,40-41,44H,6-7,13-14,16-18H2,1-5H3,(H2,36,45)/t21-,24-,29-,35-/m0/s1. The number of benzene rings is 2. The Morgan fingerprint density at radius 2 is 1.83 bits per heavy atom. The molecule has 3 aliphatic carbocycles. The largest absolute Gasteiger partial charge is 0.508 e. The van der Waals surface area contributed by atoms with Gasteiger partial charge in [-0.3, -0.25) is 19.3 Å². The van der Waals surface area contributed by atoms with Crippen LogP contribution >= 0.6 is 0 Å². The highest BCUT2D eigenvalue weighted by Gasteiger charge is 2.65. The molecule has 5 rings (SSSR count). The van der Waals surface area contributed by atoms with E-state index >= 15 is 0 Å². The van der Waals surface area contributed by atoms with E-state index in [1.54, 1.807) is 19.0 Å². The van der Waals surface area contributed by atoms with E-state index in [0.717, 1.165) is 42.6 Å². The molecule has 0 aromatic heterocycles. The molecule has 2 aromatic rings. The zero-order valence-electron chi connectivity index (χ0n) is 27.1. The van der Waals surface area contributed by atoms with E-state index in [1.807, 2.05) is 24.3 Å². The van der Waals surface area contributed by atoms with Crippen molar-refractivity contribution in [3.8, 4) is 16.9 Å². The fraction of sp³-hybridized carbons (Fsp3) is 0.457. The van der Waals surface area contributed by atoms with Gasteiger partial charge in [-0.2, -0.15) is 0 Å². The minimum atomic E-state index is -2.12. The number of phenols is 1. The second kappa shape index (κ2) is 13.0. The number of aliphatic hydroxyl groups excluding tert-OH is 2. The molecule has 46 heavy (non-hydrogen) atoms. The lowest BCUT2D eigenvalue weighted by Crippen LogP contribution is -2.66. The van der Waals surface area contributed by atoms with Crippen LogP contribution in [0.1, 0.15) is 36.0 Å². The third-order valence-corrected chi connectivity index (χ3v) is 9.67. The molecule has 0 aliphatic heterocycles. The van der Waals surface area contributed by atoms with Crippen molar-refractivity contribution in [2.75, 3.05) is 48.4 Å². The molecule has 11 nitrogen and oxygen atoms in total. The molecule has 11 heteroatoms. The van der Waals surface area contributed by atoms with Crippen molar-refractivity contribution in [2.45, 2.75) is 43.9 Å². The highest BCUT2D eigenvalue weighted by molar-refractivity contribution is 6.24. The zero-order valence-corrected chi connectivity index (χ0v) is 27.1. The topological polar surface area (TPSA) is 166 Å². The first-order valence-electron chi connectivity index (χ1n) is 15.6. The summed E-state index contributed by atoms with van der Waals surface area (Å²) in [6.07, 6.45) is 2.65. The summed E-state index contributed by atoms with van der Waals surface area (Å²) in [5, 5.41) is 37.5. The number of fused-ring (bicyclic) bond motifs is 3. The molecule has 1 saturated carbocycles. The molecule has 0 saturated heterocycles. The maximum atomic E-state index is 14.4. The molecular weight excluding hydrogens is 588 g/mol. The Hall–Kier alpha value is -4.03. The van der Waals surface area contributed by atoms with Gasteiger partial charge in [-0.1, -0.05) is 24.3 Å². The van der Waals surface area contributed by atoms with Crippen molar-refractivity contribution in [3.05, 3.63) is 70.0 Å².